The monoisotopic (exact) mass is 319 g/mol. The maximum atomic E-state index is 12.1. The molecular formula is C12H17NO5S2. The first-order valence-corrected chi connectivity index (χ1v) is 8.65. The van der Waals surface area contributed by atoms with E-state index in [0.29, 0.717) is 24.3 Å². The number of nitrogens with one attached hydrogen (secondary N) is 1. The summed E-state index contributed by atoms with van der Waals surface area (Å²) in [6.45, 7) is 2.54. The van der Waals surface area contributed by atoms with Gasteiger partial charge in [-0.15, -0.1) is 11.3 Å². The van der Waals surface area contributed by atoms with Crippen LogP contribution in [0.3, 0.4) is 0 Å². The molecule has 20 heavy (non-hydrogen) atoms. The van der Waals surface area contributed by atoms with Crippen molar-refractivity contribution in [3.63, 3.8) is 0 Å². The Balaban J connectivity index is 1.94. The molecule has 1 aliphatic carbocycles. The maximum absolute atomic E-state index is 12.1. The van der Waals surface area contributed by atoms with E-state index in [4.69, 9.17) is 9.84 Å². The highest BCUT2D eigenvalue weighted by atomic mass is 32.2. The van der Waals surface area contributed by atoms with E-state index in [9.17, 15) is 13.2 Å². The van der Waals surface area contributed by atoms with Gasteiger partial charge in [-0.25, -0.2) is 13.1 Å². The first-order valence-electron chi connectivity index (χ1n) is 6.35. The van der Waals surface area contributed by atoms with E-state index in [1.807, 2.05) is 6.92 Å². The van der Waals surface area contributed by atoms with Crippen molar-refractivity contribution in [3.05, 3.63) is 17.0 Å². The molecule has 0 bridgehead atoms. The highest BCUT2D eigenvalue weighted by Crippen LogP contribution is 2.27. The number of rotatable bonds is 7. The van der Waals surface area contributed by atoms with Crippen molar-refractivity contribution in [1.82, 2.24) is 4.72 Å². The SMILES string of the molecule is CCOC1CC(NS(=O)(=O)c2ccc(CC(=O)O)s2)C1. The maximum Gasteiger partial charge on any atom is 0.308 e. The highest BCUT2D eigenvalue weighted by Gasteiger charge is 2.33. The topological polar surface area (TPSA) is 92.7 Å². The number of aliphatic carboxylic acids is 1. The van der Waals surface area contributed by atoms with Gasteiger partial charge >= 0.3 is 5.97 Å². The first kappa shape index (κ1) is 15.4. The van der Waals surface area contributed by atoms with Crippen molar-refractivity contribution in [2.45, 2.75) is 42.5 Å². The second-order valence-electron chi connectivity index (χ2n) is 4.66. The number of hydrogen-bond donors (Lipinski definition) is 2. The summed E-state index contributed by atoms with van der Waals surface area (Å²) in [5.74, 6) is -0.970. The lowest BCUT2D eigenvalue weighted by Gasteiger charge is -2.34. The van der Waals surface area contributed by atoms with E-state index < -0.39 is 16.0 Å². The van der Waals surface area contributed by atoms with Gasteiger partial charge in [0.1, 0.15) is 4.21 Å². The van der Waals surface area contributed by atoms with E-state index in [-0.39, 0.29) is 22.8 Å². The zero-order valence-corrected chi connectivity index (χ0v) is 12.7. The first-order chi connectivity index (χ1) is 9.40. The Bertz CT molecular complexity index is 574. The van der Waals surface area contributed by atoms with Gasteiger partial charge < -0.3 is 9.84 Å². The summed E-state index contributed by atoms with van der Waals surface area (Å²) in [4.78, 5) is 11.1. The van der Waals surface area contributed by atoms with Crippen LogP contribution >= 0.6 is 11.3 Å². The molecule has 0 aliphatic heterocycles. The minimum atomic E-state index is -3.55. The van der Waals surface area contributed by atoms with Crippen LogP contribution in [0.25, 0.3) is 0 Å². The number of hydrogen-bond acceptors (Lipinski definition) is 5. The van der Waals surface area contributed by atoms with Gasteiger partial charge in [0.15, 0.2) is 0 Å². The Labute approximate surface area is 121 Å². The van der Waals surface area contributed by atoms with Gasteiger partial charge in [0.05, 0.1) is 12.5 Å². The molecule has 1 aliphatic rings. The molecule has 0 saturated heterocycles. The van der Waals surface area contributed by atoms with E-state index in [0.717, 1.165) is 11.3 Å². The second kappa shape index (κ2) is 6.21. The van der Waals surface area contributed by atoms with Crippen LogP contribution in [-0.4, -0.2) is 38.2 Å². The standard InChI is InChI=1S/C12H17NO5S2/c1-2-18-9-5-8(6-9)13-20(16,17)12-4-3-10(19-12)7-11(14)15/h3-4,8-9,13H,2,5-7H2,1H3,(H,14,15). The molecule has 2 N–H and O–H groups in total. The van der Waals surface area contributed by atoms with Gasteiger partial charge in [0.25, 0.3) is 0 Å². The lowest BCUT2D eigenvalue weighted by Crippen LogP contribution is -2.47. The molecule has 0 unspecified atom stereocenters. The smallest absolute Gasteiger partial charge is 0.308 e. The summed E-state index contributed by atoms with van der Waals surface area (Å²) in [7, 11) is -3.55. The second-order valence-corrected chi connectivity index (χ2v) is 7.77. The zero-order chi connectivity index (χ0) is 14.8. The molecule has 1 aromatic rings. The number of sulfonamides is 1. The van der Waals surface area contributed by atoms with Crippen LogP contribution in [-0.2, 0) is 26.0 Å². The summed E-state index contributed by atoms with van der Waals surface area (Å²) in [5.41, 5.74) is 0. The summed E-state index contributed by atoms with van der Waals surface area (Å²) in [5, 5.41) is 8.68. The van der Waals surface area contributed by atoms with Gasteiger partial charge in [0.2, 0.25) is 10.0 Å². The quantitative estimate of drug-likeness (QED) is 0.788. The number of carboxylic acid groups (broad SMARTS) is 1. The number of thiophene rings is 1. The van der Waals surface area contributed by atoms with Crippen LogP contribution in [0.5, 0.6) is 0 Å². The van der Waals surface area contributed by atoms with Crippen LogP contribution < -0.4 is 4.72 Å². The normalized spacial score (nSPS) is 22.4. The van der Waals surface area contributed by atoms with Crippen LogP contribution in [0.4, 0.5) is 0 Å². The molecule has 8 heteroatoms. The Morgan fingerprint density at radius 2 is 2.20 bits per heavy atom. The zero-order valence-electron chi connectivity index (χ0n) is 11.0. The number of ether oxygens (including phenoxy) is 1. The third-order valence-electron chi connectivity index (χ3n) is 3.05. The fourth-order valence-corrected chi connectivity index (χ4v) is 4.68. The van der Waals surface area contributed by atoms with Crippen LogP contribution in [0, 0.1) is 0 Å². The lowest BCUT2D eigenvalue weighted by molar-refractivity contribution is -0.136. The Hall–Kier alpha value is -0.960. The largest absolute Gasteiger partial charge is 0.481 e. The molecule has 0 aromatic carbocycles. The fourth-order valence-electron chi connectivity index (χ4n) is 2.06. The number of carbonyl (C=O) groups is 1. The van der Waals surface area contributed by atoms with E-state index in [1.54, 1.807) is 0 Å². The Kier molecular flexibility index (Phi) is 4.79. The molecule has 112 valence electrons. The van der Waals surface area contributed by atoms with Crippen LogP contribution in [0.2, 0.25) is 0 Å². The minimum Gasteiger partial charge on any atom is -0.481 e. The van der Waals surface area contributed by atoms with Crippen LogP contribution in [0.1, 0.15) is 24.6 Å². The van der Waals surface area contributed by atoms with Crippen molar-refractivity contribution in [2.24, 2.45) is 0 Å². The molecule has 0 radical (unpaired) electrons. The summed E-state index contributed by atoms with van der Waals surface area (Å²) in [6, 6.07) is 2.89. The molecule has 2 rings (SSSR count). The third kappa shape index (κ3) is 3.78. The van der Waals surface area contributed by atoms with Crippen molar-refractivity contribution in [1.29, 1.82) is 0 Å². The van der Waals surface area contributed by atoms with E-state index >= 15 is 0 Å². The average Bonchev–Trinajstić information content (AvgIpc) is 2.74. The van der Waals surface area contributed by atoms with Gasteiger partial charge in [-0.3, -0.25) is 4.79 Å². The van der Waals surface area contributed by atoms with Crippen molar-refractivity contribution >= 4 is 27.3 Å². The van der Waals surface area contributed by atoms with Crippen molar-refractivity contribution < 1.29 is 23.1 Å². The lowest BCUT2D eigenvalue weighted by atomic mass is 9.90. The van der Waals surface area contributed by atoms with Gasteiger partial charge in [-0.2, -0.15) is 0 Å². The molecule has 0 amide bonds. The average molecular weight is 319 g/mol. The minimum absolute atomic E-state index is 0.0958. The highest BCUT2D eigenvalue weighted by molar-refractivity contribution is 7.91. The Morgan fingerprint density at radius 3 is 2.80 bits per heavy atom. The molecule has 1 aromatic heterocycles. The van der Waals surface area contributed by atoms with Crippen molar-refractivity contribution in [2.75, 3.05) is 6.61 Å². The molecule has 1 fully saturated rings. The van der Waals surface area contributed by atoms with Gasteiger partial charge in [0, 0.05) is 17.5 Å². The van der Waals surface area contributed by atoms with Crippen LogP contribution in [0.15, 0.2) is 16.3 Å². The summed E-state index contributed by atoms with van der Waals surface area (Å²) in [6.07, 6.45) is 1.34. The Morgan fingerprint density at radius 1 is 1.50 bits per heavy atom. The van der Waals surface area contributed by atoms with Gasteiger partial charge in [-0.1, -0.05) is 0 Å². The summed E-state index contributed by atoms with van der Waals surface area (Å²) >= 11 is 0.993. The molecule has 0 spiro atoms. The summed E-state index contributed by atoms with van der Waals surface area (Å²) < 4.78 is 32.4. The van der Waals surface area contributed by atoms with E-state index in [2.05, 4.69) is 4.72 Å². The predicted molar refractivity (Wildman–Crippen MR) is 74.4 cm³/mol. The van der Waals surface area contributed by atoms with Crippen molar-refractivity contribution in [3.8, 4) is 0 Å². The predicted octanol–water partition coefficient (Wildman–Crippen LogP) is 1.22. The molecular weight excluding hydrogens is 302 g/mol. The third-order valence-corrected chi connectivity index (χ3v) is 6.14. The molecule has 1 heterocycles. The molecule has 0 atom stereocenters. The fraction of sp³-hybridized carbons (Fsp3) is 0.583. The molecule has 1 saturated carbocycles. The number of carboxylic acids is 1. The van der Waals surface area contributed by atoms with E-state index in [1.165, 1.54) is 12.1 Å². The molecule has 6 nitrogen and oxygen atoms in total. The van der Waals surface area contributed by atoms with Gasteiger partial charge in [-0.05, 0) is 31.9 Å².